The molecule has 0 saturated heterocycles. The quantitative estimate of drug-likeness (QED) is 0.127. The van der Waals surface area contributed by atoms with E-state index in [-0.39, 0.29) is 0 Å². The lowest BCUT2D eigenvalue weighted by molar-refractivity contribution is 0.675. The van der Waals surface area contributed by atoms with Gasteiger partial charge in [0.25, 0.3) is 0 Å². The van der Waals surface area contributed by atoms with Crippen LogP contribution in [0.4, 0.5) is 0 Å². The highest BCUT2D eigenvalue weighted by molar-refractivity contribution is 6.78. The highest BCUT2D eigenvalue weighted by Gasteiger charge is 2.32. The monoisotopic (exact) mass is 983 g/mol. The van der Waals surface area contributed by atoms with Crippen LogP contribution in [-0.4, -0.2) is 235 Å². The summed E-state index contributed by atoms with van der Waals surface area (Å²) in [4.78, 5) is 0. The van der Waals surface area contributed by atoms with Gasteiger partial charge in [0.15, 0.2) is 0 Å². The summed E-state index contributed by atoms with van der Waals surface area (Å²) in [6.45, 7) is 0. The van der Waals surface area contributed by atoms with Crippen LogP contribution in [0.1, 0.15) is 0 Å². The Bertz CT molecular complexity index is 4460. The topological polar surface area (TPSA) is 13.1 Å². The Labute approximate surface area is 498 Å². The van der Waals surface area contributed by atoms with Crippen molar-refractivity contribution in [2.45, 2.75) is 0 Å². The number of fused-ring (bicyclic) bond motifs is 6. The van der Waals surface area contributed by atoms with Crippen LogP contribution in [0.5, 0.6) is 0 Å². The maximum atomic E-state index is 6.96. The molecule has 0 aliphatic heterocycles. The molecule has 10 rings (SSSR count). The minimum atomic E-state index is 1.03. The largest absolute Gasteiger partial charge is 0.457 e. The zero-order chi connectivity index (χ0) is 58.4. The number of rotatable bonds is 4. The van der Waals surface area contributed by atoms with Crippen molar-refractivity contribution in [2.24, 2.45) is 0 Å². The number of hydrogen-bond donors (Lipinski definition) is 0. The Morgan fingerprint density at radius 2 is 0.266 bits per heavy atom. The van der Waals surface area contributed by atoms with Crippen LogP contribution < -0.4 is 164 Å². The smallest absolute Gasteiger partial charge is 0.143 e. The lowest BCUT2D eigenvalue weighted by Crippen LogP contribution is -2.53. The molecule has 1 nitrogen and oxygen atoms in total. The van der Waals surface area contributed by atoms with Gasteiger partial charge in [0.2, 0.25) is 0 Å². The van der Waals surface area contributed by atoms with E-state index in [4.69, 9.17) is 4.42 Å². The van der Waals surface area contributed by atoms with Gasteiger partial charge >= 0.3 is 0 Å². The first-order chi connectivity index (χ1) is 36.8. The Kier molecular flexibility index (Phi) is 14.3. The van der Waals surface area contributed by atoms with Crippen molar-refractivity contribution in [3.8, 4) is 44.5 Å². The second kappa shape index (κ2) is 19.6. The van der Waals surface area contributed by atoms with Crippen molar-refractivity contribution in [3.63, 3.8) is 0 Å². The van der Waals surface area contributed by atoms with E-state index in [0.29, 0.717) is 0 Å². The summed E-state index contributed by atoms with van der Waals surface area (Å²) in [5.74, 6) is 0. The predicted octanol–water partition coefficient (Wildman–Crippen LogP) is -38.5. The van der Waals surface area contributed by atoms with Crippen LogP contribution in [0.25, 0.3) is 98.8 Å². The third-order valence-electron chi connectivity index (χ3n) is 22.7. The van der Waals surface area contributed by atoms with Crippen molar-refractivity contribution in [1.29, 1.82) is 0 Å². The molecule has 1 heterocycles. The lowest BCUT2D eigenvalue weighted by Gasteiger charge is -2.33. The Hall–Kier alpha value is -4.49. The minimum Gasteiger partial charge on any atom is -0.457 e. The number of hydrogen-bond acceptors (Lipinski definition) is 1. The van der Waals surface area contributed by atoms with Gasteiger partial charge in [0.05, 0.1) is 0 Å². The second-order valence-corrected chi connectivity index (χ2v) is 25.5. The lowest BCUT2D eigenvalue weighted by atomic mass is 9.54. The first kappa shape index (κ1) is 57.7. The molecule has 10 aromatic rings. The first-order valence-electron chi connectivity index (χ1n) is 29.4. The maximum absolute atomic E-state index is 6.96. The summed E-state index contributed by atoms with van der Waals surface area (Å²) in [6.07, 6.45) is 0. The first-order valence-corrected chi connectivity index (χ1v) is 29.4. The fourth-order valence-corrected chi connectivity index (χ4v) is 15.9. The SMILES string of the molecule is Bc1c(B)c(-c2c3c(B)c(B)c(B)c(B)c3c(-c3c(B)c(B)c(-c4c(B)c(B)c5oc6c(B)c(B)c(B)c(B)c6c5c4B)c(B)c3B)c3c(B)c(B)c(B)c(B)c23)c(B)c(B)c1-c1c(B)c(B)c2c(B)c(B)c(B)c(B)c2c1B. The molecule has 0 radical (unpaired) electrons. The molecule has 0 aliphatic carbocycles. The summed E-state index contributed by atoms with van der Waals surface area (Å²) in [7, 11) is 71.2. The third kappa shape index (κ3) is 7.52. The van der Waals surface area contributed by atoms with Gasteiger partial charge in [-0.2, -0.15) is 0 Å². The van der Waals surface area contributed by atoms with Gasteiger partial charge in [-0.1, -0.05) is 126 Å². The molecule has 9 aromatic carbocycles. The normalized spacial score (nSPS) is 11.8. The highest BCUT2D eigenvalue weighted by atomic mass is 16.3. The van der Waals surface area contributed by atoms with E-state index in [0.717, 1.165) is 11.2 Å². The van der Waals surface area contributed by atoms with Gasteiger partial charge in [-0.05, 0) is 76.8 Å². The molecule has 0 aliphatic rings. The molecule has 0 N–H and O–H groups in total. The molecular weight excluding hydrogens is 917 g/mol. The molecule has 79 heavy (non-hydrogen) atoms. The van der Waals surface area contributed by atoms with Gasteiger partial charge in [-0.3, -0.25) is 0 Å². The van der Waals surface area contributed by atoms with E-state index >= 15 is 0 Å². The van der Waals surface area contributed by atoms with Crippen molar-refractivity contribution < 1.29 is 4.42 Å². The van der Waals surface area contributed by atoms with Crippen molar-refractivity contribution in [3.05, 3.63) is 0 Å². The number of benzene rings is 9. The van der Waals surface area contributed by atoms with Crippen LogP contribution in [0, 0.1) is 0 Å². The highest BCUT2D eigenvalue weighted by Crippen LogP contribution is 2.39. The summed E-state index contributed by atoms with van der Waals surface area (Å²) in [5.41, 5.74) is 54.3. The molecule has 0 unspecified atom stereocenters. The van der Waals surface area contributed by atoms with Crippen LogP contribution >= 0.6 is 0 Å². The number of furan rings is 1. The zero-order valence-electron chi connectivity index (χ0n) is 54.4. The van der Waals surface area contributed by atoms with Gasteiger partial charge in [0.1, 0.15) is 247 Å². The molecule has 31 heteroatoms. The molecule has 0 fully saturated rings. The fourth-order valence-electron chi connectivity index (χ4n) is 15.9. The Morgan fingerprint density at radius 1 is 0.114 bits per heavy atom. The standard InChI is InChI=1S/C48H60B30O/c49-17-9(27(59)32(64)14-10(17)33(65)41(73)42(74)34(14)66)12-28(60)23(55)7(24(56)29(12)61)1-3-5(21(53)39(71)37(69)19(3)51)2(6-4(1)20(52)38(70)40(72)22(6)54)8-25(57)30(62)13(31(63)26(8)58)11-18(50)15-16-36(68)43(75)44(76)46(78)48(16)79-47(15)45(77)35(11)67/h49-78H2. The third-order valence-corrected chi connectivity index (χ3v) is 22.7. The van der Waals surface area contributed by atoms with Crippen LogP contribution in [-0.2, 0) is 0 Å². The average molecular weight is 977 g/mol. The van der Waals surface area contributed by atoms with E-state index in [1.54, 1.807) is 0 Å². The van der Waals surface area contributed by atoms with Crippen molar-refractivity contribution >= 4 is 454 Å². The van der Waals surface area contributed by atoms with Gasteiger partial charge in [-0.25, -0.2) is 0 Å². The summed E-state index contributed by atoms with van der Waals surface area (Å²) in [6, 6.07) is 0. The summed E-state index contributed by atoms with van der Waals surface area (Å²) in [5, 5.41) is 11.1. The molecule has 0 saturated carbocycles. The average Bonchev–Trinajstić information content (AvgIpc) is 4.01. The van der Waals surface area contributed by atoms with E-state index < -0.39 is 0 Å². The Balaban J connectivity index is 1.37. The molecule has 0 bridgehead atoms. The van der Waals surface area contributed by atoms with Crippen molar-refractivity contribution in [1.82, 2.24) is 0 Å². The van der Waals surface area contributed by atoms with E-state index in [1.807, 2.05) is 0 Å². The molecular formula is C48H60B30O. The molecule has 0 atom stereocenters. The molecule has 0 amide bonds. The van der Waals surface area contributed by atoms with Gasteiger partial charge < -0.3 is 4.42 Å². The van der Waals surface area contributed by atoms with Gasteiger partial charge in [0, 0.05) is 10.8 Å². The van der Waals surface area contributed by atoms with E-state index in [2.05, 4.69) is 235 Å². The van der Waals surface area contributed by atoms with Gasteiger partial charge in [-0.15, -0.1) is 38.2 Å². The summed E-state index contributed by atoms with van der Waals surface area (Å²) < 4.78 is 6.96. The van der Waals surface area contributed by atoms with Crippen LogP contribution in [0.2, 0.25) is 0 Å². The molecule has 0 spiro atoms. The summed E-state index contributed by atoms with van der Waals surface area (Å²) >= 11 is 0. The van der Waals surface area contributed by atoms with Crippen LogP contribution in [0.3, 0.4) is 0 Å². The molecule has 348 valence electrons. The van der Waals surface area contributed by atoms with Crippen LogP contribution in [0.15, 0.2) is 4.42 Å². The van der Waals surface area contributed by atoms with E-state index in [9.17, 15) is 0 Å². The minimum absolute atomic E-state index is 1.03. The maximum Gasteiger partial charge on any atom is 0.143 e. The van der Waals surface area contributed by atoms with Crippen molar-refractivity contribution in [2.75, 3.05) is 0 Å². The molecule has 1 aromatic heterocycles. The fraction of sp³-hybridized carbons (Fsp3) is 0. The predicted molar refractivity (Wildman–Crippen MR) is 453 cm³/mol. The zero-order valence-corrected chi connectivity index (χ0v) is 54.4. The Morgan fingerprint density at radius 3 is 0.570 bits per heavy atom. The second-order valence-electron chi connectivity index (χ2n) is 25.5. The van der Waals surface area contributed by atoms with E-state index in [1.165, 1.54) is 251 Å².